The highest BCUT2D eigenvalue weighted by Crippen LogP contribution is 2.48. The molecule has 2 aliphatic heterocycles. The summed E-state index contributed by atoms with van der Waals surface area (Å²) in [7, 11) is -2.71. The van der Waals surface area contributed by atoms with E-state index in [-0.39, 0.29) is 36.4 Å². The summed E-state index contributed by atoms with van der Waals surface area (Å²) in [5.74, 6) is 0.525. The molecule has 4 heterocycles. The second kappa shape index (κ2) is 14.4. The molecule has 0 radical (unpaired) electrons. The van der Waals surface area contributed by atoms with Crippen LogP contribution in [0.1, 0.15) is 52.1 Å². The highest BCUT2D eigenvalue weighted by molar-refractivity contribution is 7.52. The molecule has 0 saturated carbocycles. The van der Waals surface area contributed by atoms with Gasteiger partial charge in [0.05, 0.1) is 33.0 Å². The van der Waals surface area contributed by atoms with Crippen molar-refractivity contribution in [3.8, 4) is 11.6 Å². The number of hydrogen-bond donors (Lipinski definition) is 2. The summed E-state index contributed by atoms with van der Waals surface area (Å²) in [6.45, 7) is 8.55. The first-order chi connectivity index (χ1) is 23.0. The molecule has 5 unspecified atom stereocenters. The quantitative estimate of drug-likeness (QED) is 0.145. The molecule has 2 aliphatic rings. The van der Waals surface area contributed by atoms with Gasteiger partial charge >= 0.3 is 13.7 Å². The fraction of sp³-hybridized carbons (Fsp3) is 0.515. The predicted molar refractivity (Wildman–Crippen MR) is 179 cm³/mol. The lowest BCUT2D eigenvalue weighted by Crippen LogP contribution is -2.43. The molecule has 2 aromatic carbocycles. The number of aryl methyl sites for hydroxylation is 1. The Bertz CT molecular complexity index is 1810. The van der Waals surface area contributed by atoms with Crippen LogP contribution in [-0.4, -0.2) is 70.7 Å². The smallest absolute Gasteiger partial charge is 0.459 e. The average molecular weight is 683 g/mol. The van der Waals surface area contributed by atoms with Crippen LogP contribution in [0.2, 0.25) is 0 Å². The summed E-state index contributed by atoms with van der Waals surface area (Å²) in [5, 5.41) is 4.60. The SMILES string of the molecule is COc1nc(N)nc2c1nc(C)n2C1OC(COP(=O)(NC(C(=O)OC2CCOCC2)C(C)C)Oc2cccc3ccccc23)CC1C. The van der Waals surface area contributed by atoms with Crippen LogP contribution in [-0.2, 0) is 28.1 Å². The highest BCUT2D eigenvalue weighted by atomic mass is 31.2. The second-order valence-electron chi connectivity index (χ2n) is 12.6. The first kappa shape index (κ1) is 34.1. The number of ether oxygens (including phenoxy) is 4. The second-order valence-corrected chi connectivity index (χ2v) is 14.3. The summed E-state index contributed by atoms with van der Waals surface area (Å²) in [5.41, 5.74) is 6.94. The molecule has 5 atom stereocenters. The van der Waals surface area contributed by atoms with Gasteiger partial charge in [-0.3, -0.25) is 13.9 Å². The van der Waals surface area contributed by atoms with Crippen molar-refractivity contribution in [1.82, 2.24) is 24.6 Å². The molecule has 2 aromatic heterocycles. The lowest BCUT2D eigenvalue weighted by molar-refractivity contribution is -0.156. The minimum Gasteiger partial charge on any atom is -0.479 e. The van der Waals surface area contributed by atoms with Gasteiger partial charge in [-0.25, -0.2) is 9.55 Å². The van der Waals surface area contributed by atoms with Crippen LogP contribution >= 0.6 is 7.75 Å². The van der Waals surface area contributed by atoms with Gasteiger partial charge in [-0.15, -0.1) is 0 Å². The van der Waals surface area contributed by atoms with Crippen molar-refractivity contribution in [2.75, 3.05) is 32.7 Å². The molecule has 258 valence electrons. The number of hydrogen-bond acceptors (Lipinski definition) is 12. The fourth-order valence-corrected chi connectivity index (χ4v) is 7.92. The van der Waals surface area contributed by atoms with Gasteiger partial charge in [0.2, 0.25) is 11.8 Å². The minimum absolute atomic E-state index is 0.000998. The summed E-state index contributed by atoms with van der Waals surface area (Å²) >= 11 is 0. The van der Waals surface area contributed by atoms with E-state index < -0.39 is 32.1 Å². The molecule has 0 bridgehead atoms. The zero-order valence-corrected chi connectivity index (χ0v) is 28.7. The van der Waals surface area contributed by atoms with Gasteiger partial charge < -0.3 is 29.2 Å². The molecule has 0 amide bonds. The molecular weight excluding hydrogens is 639 g/mol. The lowest BCUT2D eigenvalue weighted by atomic mass is 10.1. The van der Waals surface area contributed by atoms with E-state index in [4.69, 9.17) is 33.7 Å². The zero-order chi connectivity index (χ0) is 34.0. The molecule has 15 heteroatoms. The van der Waals surface area contributed by atoms with Gasteiger partial charge in [0.1, 0.15) is 29.9 Å². The van der Waals surface area contributed by atoms with E-state index in [1.54, 1.807) is 6.07 Å². The monoisotopic (exact) mass is 682 g/mol. The number of carbonyl (C=O) groups excluding carboxylic acids is 1. The van der Waals surface area contributed by atoms with Gasteiger partial charge in [0.15, 0.2) is 11.2 Å². The number of aromatic nitrogens is 4. The topological polar surface area (TPSA) is 171 Å². The number of nitrogens with one attached hydrogen (secondary N) is 1. The Morgan fingerprint density at radius 3 is 2.62 bits per heavy atom. The predicted octanol–water partition coefficient (Wildman–Crippen LogP) is 5.34. The third kappa shape index (κ3) is 7.28. The van der Waals surface area contributed by atoms with Crippen LogP contribution in [0.25, 0.3) is 21.9 Å². The van der Waals surface area contributed by atoms with Crippen molar-refractivity contribution >= 4 is 41.6 Å². The minimum atomic E-state index is -4.21. The average Bonchev–Trinajstić information content (AvgIpc) is 3.60. The fourth-order valence-electron chi connectivity index (χ4n) is 6.21. The zero-order valence-electron chi connectivity index (χ0n) is 27.8. The number of esters is 1. The van der Waals surface area contributed by atoms with Crippen LogP contribution in [0.5, 0.6) is 11.6 Å². The van der Waals surface area contributed by atoms with E-state index in [1.165, 1.54) is 7.11 Å². The molecule has 0 spiro atoms. The Hall–Kier alpha value is -3.81. The Labute approximate surface area is 279 Å². The number of benzene rings is 2. The van der Waals surface area contributed by atoms with Gasteiger partial charge in [-0.05, 0) is 30.7 Å². The van der Waals surface area contributed by atoms with Crippen LogP contribution in [0.15, 0.2) is 42.5 Å². The van der Waals surface area contributed by atoms with Crippen LogP contribution in [0.4, 0.5) is 5.95 Å². The number of nitrogen functional groups attached to an aromatic ring is 1. The number of nitrogens with zero attached hydrogens (tertiary/aromatic N) is 4. The Morgan fingerprint density at radius 1 is 1.12 bits per heavy atom. The molecular formula is C33H43N6O8P. The first-order valence-corrected chi connectivity index (χ1v) is 17.8. The molecule has 48 heavy (non-hydrogen) atoms. The number of fused-ring (bicyclic) bond motifs is 2. The van der Waals surface area contributed by atoms with Crippen molar-refractivity contribution in [2.45, 2.75) is 71.4 Å². The molecule has 2 fully saturated rings. The maximum Gasteiger partial charge on any atom is 0.459 e. The van der Waals surface area contributed by atoms with E-state index in [2.05, 4.69) is 20.0 Å². The summed E-state index contributed by atoms with van der Waals surface area (Å²) in [4.78, 5) is 26.6. The molecule has 14 nitrogen and oxygen atoms in total. The number of nitrogens with two attached hydrogens (primary N) is 1. The molecule has 6 rings (SSSR count). The maximum atomic E-state index is 14.7. The standard InChI is InChI=1S/C33H43N6O8P/c1-19(2)27(32(40)46-23-13-15-43-16-14-23)38-48(41,47-26-12-8-10-22-9-6-7-11-25(22)26)44-18-24-17-20(3)31(45-24)39-21(4)35-28-29(39)36-33(34)37-30(28)42-5/h6-12,19-20,23-24,27,31H,13-18H2,1-5H3,(H,38,41)(H2,34,36,37). The Morgan fingerprint density at radius 2 is 1.88 bits per heavy atom. The molecule has 3 N–H and O–H groups in total. The third-order valence-electron chi connectivity index (χ3n) is 8.67. The Balaban J connectivity index is 1.24. The molecule has 2 saturated heterocycles. The van der Waals surface area contributed by atoms with Crippen molar-refractivity contribution in [3.05, 3.63) is 48.3 Å². The van der Waals surface area contributed by atoms with Crippen molar-refractivity contribution in [3.63, 3.8) is 0 Å². The summed E-state index contributed by atoms with van der Waals surface area (Å²) in [6.07, 6.45) is 0.573. The molecule has 4 aromatic rings. The van der Waals surface area contributed by atoms with Crippen LogP contribution in [0, 0.1) is 18.8 Å². The van der Waals surface area contributed by atoms with Crippen LogP contribution in [0.3, 0.4) is 0 Å². The largest absolute Gasteiger partial charge is 0.479 e. The number of methoxy groups -OCH3 is 1. The van der Waals surface area contributed by atoms with Gasteiger partial charge in [-0.2, -0.15) is 15.1 Å². The van der Waals surface area contributed by atoms with Crippen molar-refractivity contribution in [2.24, 2.45) is 11.8 Å². The van der Waals surface area contributed by atoms with E-state index in [1.807, 2.05) is 68.7 Å². The molecule has 0 aliphatic carbocycles. The van der Waals surface area contributed by atoms with Crippen molar-refractivity contribution in [1.29, 1.82) is 0 Å². The third-order valence-corrected chi connectivity index (χ3v) is 10.2. The van der Waals surface area contributed by atoms with Gasteiger partial charge in [-0.1, -0.05) is 57.2 Å². The van der Waals surface area contributed by atoms with E-state index in [9.17, 15) is 9.36 Å². The van der Waals surface area contributed by atoms with E-state index >= 15 is 0 Å². The van der Waals surface area contributed by atoms with Gasteiger partial charge in [0.25, 0.3) is 0 Å². The Kier molecular flexibility index (Phi) is 10.2. The summed E-state index contributed by atoms with van der Waals surface area (Å²) in [6, 6.07) is 12.1. The first-order valence-electron chi connectivity index (χ1n) is 16.2. The number of rotatable bonds is 12. The van der Waals surface area contributed by atoms with Gasteiger partial charge in [0, 0.05) is 24.1 Å². The maximum absolute atomic E-state index is 14.7. The number of anilines is 1. The van der Waals surface area contributed by atoms with E-state index in [0.717, 1.165) is 10.8 Å². The van der Waals surface area contributed by atoms with Crippen LogP contribution < -0.4 is 20.1 Å². The normalized spacial score (nSPS) is 22.2. The lowest BCUT2D eigenvalue weighted by Gasteiger charge is -2.29. The highest BCUT2D eigenvalue weighted by Gasteiger charge is 2.41. The van der Waals surface area contributed by atoms with Crippen molar-refractivity contribution < 1.29 is 37.4 Å². The van der Waals surface area contributed by atoms with E-state index in [0.29, 0.717) is 55.2 Å². The summed E-state index contributed by atoms with van der Waals surface area (Å²) < 4.78 is 52.1. The number of carbonyl (C=O) groups is 1. The number of imidazole rings is 1.